The molecule has 0 unspecified atom stereocenters. The molecule has 12 heteroatoms. The summed E-state index contributed by atoms with van der Waals surface area (Å²) in [6.07, 6.45) is -4.74. The standard InChI is InChI=1S/C21H27NO11/c1-11(23)28-10-17-19(29-12(2)24)20(30-13(3)25)18(22-33-14(4)26)21(32-17)31-16-8-6-15(27-5)7-9-16/h6-9,17-22H,10H2,1-5H3/t17-,18-,19+,20+,21-/m1/s1. The van der Waals surface area contributed by atoms with Crippen LogP contribution in [0.1, 0.15) is 27.7 Å². The second kappa shape index (κ2) is 12.0. The van der Waals surface area contributed by atoms with E-state index in [1.165, 1.54) is 14.0 Å². The Morgan fingerprint density at radius 2 is 1.42 bits per heavy atom. The Balaban J connectivity index is 2.42. The minimum atomic E-state index is -1.23. The third kappa shape index (κ3) is 7.91. The average molecular weight is 469 g/mol. The van der Waals surface area contributed by atoms with Crippen LogP contribution in [-0.4, -0.2) is 68.2 Å². The first-order chi connectivity index (χ1) is 15.6. The van der Waals surface area contributed by atoms with E-state index in [1.54, 1.807) is 24.3 Å². The van der Waals surface area contributed by atoms with Crippen LogP contribution < -0.4 is 15.0 Å². The van der Waals surface area contributed by atoms with Gasteiger partial charge in [0.05, 0.1) is 7.11 Å². The number of carbonyl (C=O) groups excluding carboxylic acids is 4. The molecule has 0 radical (unpaired) electrons. The number of nitrogens with one attached hydrogen (secondary N) is 1. The lowest BCUT2D eigenvalue weighted by molar-refractivity contribution is -0.268. The van der Waals surface area contributed by atoms with E-state index in [0.717, 1.165) is 20.8 Å². The molecule has 0 amide bonds. The number of benzene rings is 1. The molecule has 1 fully saturated rings. The van der Waals surface area contributed by atoms with Crippen LogP contribution in [0.2, 0.25) is 0 Å². The van der Waals surface area contributed by atoms with Gasteiger partial charge in [-0.25, -0.2) is 0 Å². The Bertz CT molecular complexity index is 841. The van der Waals surface area contributed by atoms with Gasteiger partial charge in [0.2, 0.25) is 6.29 Å². The monoisotopic (exact) mass is 469 g/mol. The second-order valence-corrected chi connectivity index (χ2v) is 7.02. The highest BCUT2D eigenvalue weighted by Crippen LogP contribution is 2.29. The normalized spacial score (nSPS) is 24.2. The summed E-state index contributed by atoms with van der Waals surface area (Å²) in [5.41, 5.74) is 2.46. The molecule has 0 aromatic heterocycles. The molecule has 1 heterocycles. The fourth-order valence-corrected chi connectivity index (χ4v) is 3.07. The molecule has 0 bridgehead atoms. The maximum atomic E-state index is 11.9. The van der Waals surface area contributed by atoms with Crippen molar-refractivity contribution in [2.75, 3.05) is 13.7 Å². The maximum Gasteiger partial charge on any atom is 0.321 e. The van der Waals surface area contributed by atoms with Crippen molar-refractivity contribution in [3.05, 3.63) is 24.3 Å². The molecule has 1 aliphatic rings. The van der Waals surface area contributed by atoms with Crippen LogP contribution in [0.15, 0.2) is 24.3 Å². The first-order valence-corrected chi connectivity index (χ1v) is 9.97. The van der Waals surface area contributed by atoms with Gasteiger partial charge in [-0.1, -0.05) is 0 Å². The molecule has 1 aromatic carbocycles. The fourth-order valence-electron chi connectivity index (χ4n) is 3.07. The van der Waals surface area contributed by atoms with E-state index in [2.05, 4.69) is 5.48 Å². The van der Waals surface area contributed by atoms with E-state index >= 15 is 0 Å². The summed E-state index contributed by atoms with van der Waals surface area (Å²) in [6.45, 7) is 4.34. The van der Waals surface area contributed by atoms with Gasteiger partial charge < -0.3 is 33.3 Å². The quantitative estimate of drug-likeness (QED) is 0.308. The van der Waals surface area contributed by atoms with Gasteiger partial charge in [0.1, 0.15) is 30.3 Å². The van der Waals surface area contributed by atoms with Crippen LogP contribution in [-0.2, 0) is 43.0 Å². The van der Waals surface area contributed by atoms with Crippen molar-refractivity contribution in [3.8, 4) is 11.5 Å². The highest BCUT2D eigenvalue weighted by Gasteiger charge is 2.52. The lowest BCUT2D eigenvalue weighted by Crippen LogP contribution is -2.66. The molecule has 0 saturated carbocycles. The third-order valence-electron chi connectivity index (χ3n) is 4.35. The van der Waals surface area contributed by atoms with Gasteiger partial charge in [-0.2, -0.15) is 0 Å². The lowest BCUT2D eigenvalue weighted by Gasteiger charge is -2.44. The van der Waals surface area contributed by atoms with Crippen molar-refractivity contribution >= 4 is 23.9 Å². The Morgan fingerprint density at radius 3 is 1.94 bits per heavy atom. The molecule has 2 rings (SSSR count). The zero-order valence-corrected chi connectivity index (χ0v) is 18.9. The summed E-state index contributed by atoms with van der Waals surface area (Å²) in [6, 6.07) is 5.37. The number of carbonyl (C=O) groups is 4. The molecule has 0 aliphatic carbocycles. The Hall–Kier alpha value is -3.38. The van der Waals surface area contributed by atoms with Crippen molar-refractivity contribution in [1.82, 2.24) is 5.48 Å². The summed E-state index contributed by atoms with van der Waals surface area (Å²) in [5.74, 6) is -1.77. The topological polar surface area (TPSA) is 145 Å². The van der Waals surface area contributed by atoms with Crippen molar-refractivity contribution in [3.63, 3.8) is 0 Å². The van der Waals surface area contributed by atoms with Crippen molar-refractivity contribution in [2.45, 2.75) is 58.3 Å². The predicted molar refractivity (Wildman–Crippen MR) is 109 cm³/mol. The third-order valence-corrected chi connectivity index (χ3v) is 4.35. The number of hydrogen-bond donors (Lipinski definition) is 1. The molecule has 33 heavy (non-hydrogen) atoms. The second-order valence-electron chi connectivity index (χ2n) is 7.02. The molecule has 1 saturated heterocycles. The number of hydroxylamine groups is 1. The summed E-state index contributed by atoms with van der Waals surface area (Å²) in [5, 5.41) is 0. The summed E-state index contributed by atoms with van der Waals surface area (Å²) >= 11 is 0. The molecule has 1 aliphatic heterocycles. The zero-order valence-electron chi connectivity index (χ0n) is 18.9. The van der Waals surface area contributed by atoms with Crippen LogP contribution in [0.25, 0.3) is 0 Å². The van der Waals surface area contributed by atoms with E-state index in [0.29, 0.717) is 11.5 Å². The molecule has 1 N–H and O–H groups in total. The maximum absolute atomic E-state index is 11.9. The molecule has 182 valence electrons. The van der Waals surface area contributed by atoms with Crippen molar-refractivity contribution < 1.29 is 52.4 Å². The van der Waals surface area contributed by atoms with Gasteiger partial charge in [-0.3, -0.25) is 19.2 Å². The largest absolute Gasteiger partial charge is 0.497 e. The average Bonchev–Trinajstić information content (AvgIpc) is 2.73. The van der Waals surface area contributed by atoms with E-state index in [-0.39, 0.29) is 6.61 Å². The molecule has 12 nitrogen and oxygen atoms in total. The van der Waals surface area contributed by atoms with Gasteiger partial charge in [-0.05, 0) is 24.3 Å². The zero-order chi connectivity index (χ0) is 24.5. The molecule has 1 aromatic rings. The van der Waals surface area contributed by atoms with Crippen molar-refractivity contribution in [1.29, 1.82) is 0 Å². The molecular formula is C21H27NO11. The number of methoxy groups -OCH3 is 1. The minimum absolute atomic E-state index is 0.326. The molecule has 5 atom stereocenters. The number of hydrogen-bond acceptors (Lipinski definition) is 12. The SMILES string of the molecule is COc1ccc(O[C@@H]2O[C@H](COC(C)=O)[C@H](OC(C)=O)[C@@H](OC(C)=O)[C@H]2NOC(C)=O)cc1. The number of ether oxygens (including phenoxy) is 6. The highest BCUT2D eigenvalue weighted by atomic mass is 16.7. The van der Waals surface area contributed by atoms with E-state index in [9.17, 15) is 19.2 Å². The van der Waals surface area contributed by atoms with Crippen LogP contribution in [0.5, 0.6) is 11.5 Å². The van der Waals surface area contributed by atoms with Crippen LogP contribution >= 0.6 is 0 Å². The van der Waals surface area contributed by atoms with E-state index < -0.39 is 54.5 Å². The van der Waals surface area contributed by atoms with Crippen LogP contribution in [0.4, 0.5) is 0 Å². The Morgan fingerprint density at radius 1 is 0.848 bits per heavy atom. The number of rotatable bonds is 9. The number of esters is 3. The first-order valence-electron chi connectivity index (χ1n) is 9.97. The van der Waals surface area contributed by atoms with Crippen molar-refractivity contribution in [2.24, 2.45) is 0 Å². The Labute approximate surface area is 190 Å². The van der Waals surface area contributed by atoms with Crippen LogP contribution in [0.3, 0.4) is 0 Å². The summed E-state index contributed by atoms with van der Waals surface area (Å²) < 4.78 is 32.7. The highest BCUT2D eigenvalue weighted by molar-refractivity contribution is 5.68. The van der Waals surface area contributed by atoms with Gasteiger partial charge in [-0.15, -0.1) is 5.48 Å². The van der Waals surface area contributed by atoms with Gasteiger partial charge in [0.25, 0.3) is 0 Å². The lowest BCUT2D eigenvalue weighted by atomic mass is 9.96. The smallest absolute Gasteiger partial charge is 0.321 e. The minimum Gasteiger partial charge on any atom is -0.497 e. The van der Waals surface area contributed by atoms with Crippen LogP contribution in [0, 0.1) is 0 Å². The summed E-state index contributed by atoms with van der Waals surface area (Å²) in [4.78, 5) is 51.3. The molecule has 0 spiro atoms. The summed E-state index contributed by atoms with van der Waals surface area (Å²) in [7, 11) is 1.51. The van der Waals surface area contributed by atoms with Gasteiger partial charge in [0, 0.05) is 27.7 Å². The predicted octanol–water partition coefficient (Wildman–Crippen LogP) is 0.662. The Kier molecular flexibility index (Phi) is 9.43. The fraction of sp³-hybridized carbons (Fsp3) is 0.524. The van der Waals surface area contributed by atoms with E-state index in [1.807, 2.05) is 0 Å². The first kappa shape index (κ1) is 25.9. The van der Waals surface area contributed by atoms with E-state index in [4.69, 9.17) is 33.3 Å². The van der Waals surface area contributed by atoms with Gasteiger partial charge >= 0.3 is 23.9 Å². The van der Waals surface area contributed by atoms with Gasteiger partial charge in [0.15, 0.2) is 12.2 Å². The molecular weight excluding hydrogens is 442 g/mol.